The van der Waals surface area contributed by atoms with Crippen molar-refractivity contribution in [2.45, 2.75) is 25.9 Å². The van der Waals surface area contributed by atoms with E-state index in [9.17, 15) is 0 Å². The molecule has 134 valence electrons. The maximum Gasteiger partial charge on any atom is 0.153 e. The molecule has 0 bridgehead atoms. The predicted octanol–water partition coefficient (Wildman–Crippen LogP) is 4.43. The second kappa shape index (κ2) is 7.75. The van der Waals surface area contributed by atoms with Gasteiger partial charge in [-0.3, -0.25) is 4.98 Å². The molecule has 26 heavy (non-hydrogen) atoms. The van der Waals surface area contributed by atoms with Gasteiger partial charge in [-0.1, -0.05) is 24.3 Å². The Hall–Kier alpha value is -2.59. The van der Waals surface area contributed by atoms with Gasteiger partial charge in [-0.25, -0.2) is 0 Å². The van der Waals surface area contributed by atoms with Crippen LogP contribution in [-0.4, -0.2) is 30.8 Å². The van der Waals surface area contributed by atoms with Gasteiger partial charge in [0.25, 0.3) is 0 Å². The Bertz CT molecular complexity index is 871. The zero-order valence-corrected chi connectivity index (χ0v) is 15.1. The number of fused-ring (bicyclic) bond motifs is 1. The highest BCUT2D eigenvalue weighted by molar-refractivity contribution is 5.92. The predicted molar refractivity (Wildman–Crippen MR) is 105 cm³/mol. The first-order valence-electron chi connectivity index (χ1n) is 9.33. The van der Waals surface area contributed by atoms with Crippen LogP contribution in [0.5, 0.6) is 11.5 Å². The Morgan fingerprint density at radius 2 is 1.85 bits per heavy atom. The summed E-state index contributed by atoms with van der Waals surface area (Å²) >= 11 is 0. The molecule has 1 N–H and O–H groups in total. The minimum absolute atomic E-state index is 0.311. The van der Waals surface area contributed by atoms with Crippen molar-refractivity contribution < 1.29 is 9.47 Å². The lowest BCUT2D eigenvalue weighted by atomic mass is 10.0. The molecule has 0 atom stereocenters. The summed E-state index contributed by atoms with van der Waals surface area (Å²) in [7, 11) is 0. The van der Waals surface area contributed by atoms with Crippen molar-refractivity contribution in [1.29, 1.82) is 0 Å². The Labute approximate surface area is 154 Å². The second-order valence-corrected chi connectivity index (χ2v) is 6.54. The third-order valence-electron chi connectivity index (χ3n) is 4.77. The van der Waals surface area contributed by atoms with Crippen LogP contribution in [0.2, 0.25) is 0 Å². The number of piperidine rings is 1. The summed E-state index contributed by atoms with van der Waals surface area (Å²) < 4.78 is 12.1. The van der Waals surface area contributed by atoms with Crippen LogP contribution in [0, 0.1) is 0 Å². The SMILES string of the molecule is CCOc1c(-c2ccc(OC3CCNCC3)cc2)ccc2cccnc12. The van der Waals surface area contributed by atoms with E-state index in [2.05, 4.69) is 52.8 Å². The minimum Gasteiger partial charge on any atom is -0.491 e. The van der Waals surface area contributed by atoms with Crippen molar-refractivity contribution in [3.63, 3.8) is 0 Å². The van der Waals surface area contributed by atoms with Gasteiger partial charge in [-0.05, 0) is 62.7 Å². The fourth-order valence-corrected chi connectivity index (χ4v) is 3.45. The van der Waals surface area contributed by atoms with Gasteiger partial charge in [-0.2, -0.15) is 0 Å². The van der Waals surface area contributed by atoms with Crippen LogP contribution in [0.3, 0.4) is 0 Å². The molecule has 2 heterocycles. The summed E-state index contributed by atoms with van der Waals surface area (Å²) in [5.74, 6) is 1.77. The molecule has 0 aliphatic carbocycles. The molecule has 0 unspecified atom stereocenters. The molecule has 0 spiro atoms. The van der Waals surface area contributed by atoms with E-state index in [1.807, 2.05) is 19.2 Å². The smallest absolute Gasteiger partial charge is 0.153 e. The summed E-state index contributed by atoms with van der Waals surface area (Å²) in [5, 5.41) is 4.45. The van der Waals surface area contributed by atoms with Crippen LogP contribution in [0.25, 0.3) is 22.0 Å². The summed E-state index contributed by atoms with van der Waals surface area (Å²) in [6.07, 6.45) is 4.25. The molecule has 0 radical (unpaired) electrons. The van der Waals surface area contributed by atoms with E-state index in [0.717, 1.165) is 59.5 Å². The number of ether oxygens (including phenoxy) is 2. The average molecular weight is 348 g/mol. The summed E-state index contributed by atoms with van der Waals surface area (Å²) in [6, 6.07) is 16.5. The maximum absolute atomic E-state index is 6.11. The first kappa shape index (κ1) is 16.9. The number of pyridine rings is 1. The second-order valence-electron chi connectivity index (χ2n) is 6.54. The number of hydrogen-bond donors (Lipinski definition) is 1. The standard InChI is InChI=1S/C22H24N2O2/c1-2-25-22-20(10-7-17-4-3-13-24-21(17)22)16-5-8-18(9-6-16)26-19-11-14-23-15-12-19/h3-10,13,19,23H,2,11-12,14-15H2,1H3. The molecule has 1 saturated heterocycles. The number of hydrogen-bond acceptors (Lipinski definition) is 4. The number of nitrogens with zero attached hydrogens (tertiary/aromatic N) is 1. The van der Waals surface area contributed by atoms with Gasteiger partial charge in [0.2, 0.25) is 0 Å². The summed E-state index contributed by atoms with van der Waals surface area (Å²) in [4.78, 5) is 4.53. The fourth-order valence-electron chi connectivity index (χ4n) is 3.45. The first-order valence-corrected chi connectivity index (χ1v) is 9.33. The van der Waals surface area contributed by atoms with Crippen molar-refractivity contribution in [2.75, 3.05) is 19.7 Å². The van der Waals surface area contributed by atoms with Crippen molar-refractivity contribution in [3.05, 3.63) is 54.7 Å². The highest BCUT2D eigenvalue weighted by Gasteiger charge is 2.15. The number of nitrogens with one attached hydrogen (secondary N) is 1. The molecule has 0 amide bonds. The molecule has 4 heteroatoms. The van der Waals surface area contributed by atoms with E-state index in [-0.39, 0.29) is 0 Å². The van der Waals surface area contributed by atoms with E-state index in [1.165, 1.54) is 0 Å². The van der Waals surface area contributed by atoms with Crippen molar-refractivity contribution >= 4 is 10.9 Å². The molecular weight excluding hydrogens is 324 g/mol. The van der Waals surface area contributed by atoms with Crippen molar-refractivity contribution in [2.24, 2.45) is 0 Å². The van der Waals surface area contributed by atoms with E-state index >= 15 is 0 Å². The van der Waals surface area contributed by atoms with Crippen molar-refractivity contribution in [3.8, 4) is 22.6 Å². The van der Waals surface area contributed by atoms with Gasteiger partial charge in [-0.15, -0.1) is 0 Å². The zero-order valence-electron chi connectivity index (χ0n) is 15.1. The number of rotatable bonds is 5. The highest BCUT2D eigenvalue weighted by atomic mass is 16.5. The minimum atomic E-state index is 0.311. The summed E-state index contributed by atoms with van der Waals surface area (Å²) in [6.45, 7) is 4.68. The molecule has 3 aromatic rings. The Balaban J connectivity index is 1.63. The largest absolute Gasteiger partial charge is 0.491 e. The lowest BCUT2D eigenvalue weighted by molar-refractivity contribution is 0.162. The summed E-state index contributed by atoms with van der Waals surface area (Å²) in [5.41, 5.74) is 3.08. The maximum atomic E-state index is 6.11. The Morgan fingerprint density at radius 3 is 2.62 bits per heavy atom. The normalized spacial score (nSPS) is 15.1. The first-order chi connectivity index (χ1) is 12.8. The molecule has 0 saturated carbocycles. The van der Waals surface area contributed by atoms with E-state index in [1.54, 1.807) is 0 Å². The molecule has 1 fully saturated rings. The van der Waals surface area contributed by atoms with Crippen LogP contribution >= 0.6 is 0 Å². The molecule has 4 rings (SSSR count). The average Bonchev–Trinajstić information content (AvgIpc) is 2.70. The lowest BCUT2D eigenvalue weighted by Crippen LogP contribution is -2.34. The quantitative estimate of drug-likeness (QED) is 0.741. The Kier molecular flexibility index (Phi) is 5.02. The monoisotopic (exact) mass is 348 g/mol. The lowest BCUT2D eigenvalue weighted by Gasteiger charge is -2.24. The topological polar surface area (TPSA) is 43.4 Å². The van der Waals surface area contributed by atoms with Crippen LogP contribution < -0.4 is 14.8 Å². The fraction of sp³-hybridized carbons (Fsp3) is 0.318. The van der Waals surface area contributed by atoms with Crippen LogP contribution in [0.1, 0.15) is 19.8 Å². The third kappa shape index (κ3) is 3.51. The molecular formula is C22H24N2O2. The zero-order chi connectivity index (χ0) is 17.8. The van der Waals surface area contributed by atoms with Crippen LogP contribution in [-0.2, 0) is 0 Å². The van der Waals surface area contributed by atoms with Gasteiger partial charge in [0.15, 0.2) is 5.75 Å². The van der Waals surface area contributed by atoms with Gasteiger partial charge < -0.3 is 14.8 Å². The van der Waals surface area contributed by atoms with Crippen LogP contribution in [0.15, 0.2) is 54.7 Å². The molecule has 1 aromatic heterocycles. The van der Waals surface area contributed by atoms with Gasteiger partial charge >= 0.3 is 0 Å². The molecule has 4 nitrogen and oxygen atoms in total. The number of aromatic nitrogens is 1. The van der Waals surface area contributed by atoms with E-state index in [0.29, 0.717) is 12.7 Å². The number of benzene rings is 2. The highest BCUT2D eigenvalue weighted by Crippen LogP contribution is 2.36. The Morgan fingerprint density at radius 1 is 1.04 bits per heavy atom. The van der Waals surface area contributed by atoms with Crippen LogP contribution in [0.4, 0.5) is 0 Å². The molecule has 1 aliphatic rings. The van der Waals surface area contributed by atoms with Gasteiger partial charge in [0, 0.05) is 17.1 Å². The van der Waals surface area contributed by atoms with Gasteiger partial charge in [0.1, 0.15) is 17.4 Å². The van der Waals surface area contributed by atoms with E-state index < -0.39 is 0 Å². The molecule has 1 aliphatic heterocycles. The molecule has 2 aromatic carbocycles. The van der Waals surface area contributed by atoms with Crippen molar-refractivity contribution in [1.82, 2.24) is 10.3 Å². The van der Waals surface area contributed by atoms with Gasteiger partial charge in [0.05, 0.1) is 6.61 Å². The third-order valence-corrected chi connectivity index (χ3v) is 4.77. The van der Waals surface area contributed by atoms with E-state index in [4.69, 9.17) is 9.47 Å².